The van der Waals surface area contributed by atoms with Crippen molar-refractivity contribution < 1.29 is 4.90 Å². The summed E-state index contributed by atoms with van der Waals surface area (Å²) < 4.78 is 1.93. The number of nitrogens with one attached hydrogen (secondary N) is 1. The Bertz CT molecular complexity index is 1010. The van der Waals surface area contributed by atoms with E-state index in [2.05, 4.69) is 72.4 Å². The third-order valence-electron chi connectivity index (χ3n) is 6.21. The monoisotopic (exact) mass is 425 g/mol. The molecular formula is C23H30ClN6+. The highest BCUT2D eigenvalue weighted by atomic mass is 35.5. The Morgan fingerprint density at radius 1 is 1.00 bits per heavy atom. The Hall–Kier alpha value is -2.44. The molecule has 158 valence electrons. The Kier molecular flexibility index (Phi) is 6.06. The number of hydrogen-bond acceptors (Lipinski definition) is 4. The maximum Gasteiger partial charge on any atom is 0.214 e. The van der Waals surface area contributed by atoms with E-state index in [1.165, 1.54) is 21.7 Å². The Labute approximate surface area is 183 Å². The number of aryl methyl sites for hydroxylation is 1. The van der Waals surface area contributed by atoms with Crippen molar-refractivity contribution in [1.82, 2.24) is 20.2 Å². The van der Waals surface area contributed by atoms with E-state index < -0.39 is 0 Å². The van der Waals surface area contributed by atoms with Crippen LogP contribution in [-0.4, -0.2) is 46.4 Å². The van der Waals surface area contributed by atoms with E-state index in [1.54, 1.807) is 0 Å². The summed E-state index contributed by atoms with van der Waals surface area (Å²) in [6.07, 6.45) is 0. The van der Waals surface area contributed by atoms with Crippen LogP contribution in [0.25, 0.3) is 0 Å². The number of halogens is 1. The summed E-state index contributed by atoms with van der Waals surface area (Å²) in [6, 6.07) is 14.9. The summed E-state index contributed by atoms with van der Waals surface area (Å²) in [7, 11) is 0. The molecule has 1 atom stereocenters. The van der Waals surface area contributed by atoms with Crippen LogP contribution < -0.4 is 9.80 Å². The number of hydrogen-bond donors (Lipinski definition) is 1. The first kappa shape index (κ1) is 20.8. The molecule has 1 aromatic heterocycles. The molecule has 2 heterocycles. The van der Waals surface area contributed by atoms with Crippen LogP contribution in [0.5, 0.6) is 0 Å². The average molecular weight is 426 g/mol. The quantitative estimate of drug-likeness (QED) is 0.682. The highest BCUT2D eigenvalue weighted by molar-refractivity contribution is 6.31. The fourth-order valence-electron chi connectivity index (χ4n) is 4.41. The molecule has 0 spiro atoms. The van der Waals surface area contributed by atoms with Gasteiger partial charge in [0, 0.05) is 11.3 Å². The van der Waals surface area contributed by atoms with Crippen molar-refractivity contribution in [1.29, 1.82) is 0 Å². The zero-order valence-electron chi connectivity index (χ0n) is 18.1. The van der Waals surface area contributed by atoms with E-state index >= 15 is 0 Å². The molecule has 3 aromatic rings. The van der Waals surface area contributed by atoms with E-state index in [0.29, 0.717) is 0 Å². The van der Waals surface area contributed by atoms with Crippen LogP contribution in [-0.2, 0) is 0 Å². The van der Waals surface area contributed by atoms with Crippen molar-refractivity contribution in [2.24, 2.45) is 0 Å². The van der Waals surface area contributed by atoms with E-state index in [4.69, 9.17) is 11.6 Å². The van der Waals surface area contributed by atoms with Gasteiger partial charge in [-0.1, -0.05) is 41.9 Å². The van der Waals surface area contributed by atoms with Gasteiger partial charge >= 0.3 is 0 Å². The van der Waals surface area contributed by atoms with Gasteiger partial charge in [-0.25, -0.2) is 4.68 Å². The van der Waals surface area contributed by atoms with Crippen LogP contribution in [0.3, 0.4) is 0 Å². The van der Waals surface area contributed by atoms with Gasteiger partial charge in [0.2, 0.25) is 5.82 Å². The minimum absolute atomic E-state index is 0.0110. The summed E-state index contributed by atoms with van der Waals surface area (Å²) in [5, 5.41) is 13.5. The van der Waals surface area contributed by atoms with Crippen molar-refractivity contribution in [3.63, 3.8) is 0 Å². The Morgan fingerprint density at radius 2 is 1.73 bits per heavy atom. The fourth-order valence-corrected chi connectivity index (χ4v) is 4.66. The molecule has 1 saturated heterocycles. The first-order chi connectivity index (χ1) is 14.5. The van der Waals surface area contributed by atoms with E-state index in [-0.39, 0.29) is 12.1 Å². The summed E-state index contributed by atoms with van der Waals surface area (Å²) in [6.45, 7) is 12.6. The topological polar surface area (TPSA) is 51.3 Å². The molecule has 1 aliphatic heterocycles. The van der Waals surface area contributed by atoms with Crippen molar-refractivity contribution in [3.8, 4) is 0 Å². The van der Waals surface area contributed by atoms with Gasteiger partial charge in [-0.05, 0) is 61.4 Å². The summed E-state index contributed by atoms with van der Waals surface area (Å²) in [5.41, 5.74) is 5.14. The van der Waals surface area contributed by atoms with E-state index in [0.717, 1.165) is 42.6 Å². The number of aromatic nitrogens is 4. The van der Waals surface area contributed by atoms with Gasteiger partial charge in [0.1, 0.15) is 0 Å². The fraction of sp³-hybridized carbons (Fsp3) is 0.435. The van der Waals surface area contributed by atoms with Crippen molar-refractivity contribution in [2.45, 2.75) is 39.8 Å². The lowest BCUT2D eigenvalue weighted by molar-refractivity contribution is -0.927. The minimum atomic E-state index is 0.0110. The number of benzene rings is 2. The molecule has 6 nitrogen and oxygen atoms in total. The second kappa shape index (κ2) is 8.74. The van der Waals surface area contributed by atoms with Gasteiger partial charge in [0.25, 0.3) is 0 Å². The molecule has 7 heteroatoms. The second-order valence-corrected chi connectivity index (χ2v) is 8.80. The lowest BCUT2D eigenvalue weighted by Gasteiger charge is -2.38. The Morgan fingerprint density at radius 3 is 2.43 bits per heavy atom. The predicted octanol–water partition coefficient (Wildman–Crippen LogP) is 3.02. The highest BCUT2D eigenvalue weighted by Gasteiger charge is 2.36. The lowest BCUT2D eigenvalue weighted by Crippen LogP contribution is -3.15. The zero-order valence-corrected chi connectivity index (χ0v) is 18.9. The minimum Gasteiger partial charge on any atom is -0.360 e. The molecule has 0 amide bonds. The lowest BCUT2D eigenvalue weighted by atomic mass is 10.0. The number of piperazine rings is 1. The van der Waals surface area contributed by atoms with Crippen LogP contribution in [0.4, 0.5) is 5.69 Å². The molecular weight excluding hydrogens is 396 g/mol. The zero-order chi connectivity index (χ0) is 21.3. The number of nitrogens with zero attached hydrogens (tertiary/aromatic N) is 5. The third-order valence-corrected chi connectivity index (χ3v) is 6.56. The van der Waals surface area contributed by atoms with Crippen molar-refractivity contribution in [2.75, 3.05) is 31.1 Å². The van der Waals surface area contributed by atoms with Crippen LogP contribution in [0, 0.1) is 13.8 Å². The van der Waals surface area contributed by atoms with Gasteiger partial charge in [-0.2, -0.15) is 0 Å². The smallest absolute Gasteiger partial charge is 0.214 e. The second-order valence-electron chi connectivity index (χ2n) is 8.39. The largest absolute Gasteiger partial charge is 0.360 e. The first-order valence-corrected chi connectivity index (χ1v) is 11.0. The normalized spacial score (nSPS) is 16.3. The van der Waals surface area contributed by atoms with E-state index in [1.807, 2.05) is 22.9 Å². The number of rotatable bonds is 5. The van der Waals surface area contributed by atoms with Crippen LogP contribution in [0.1, 0.15) is 48.4 Å². The Balaban J connectivity index is 1.64. The number of quaternary nitrogens is 1. The third kappa shape index (κ3) is 3.94. The summed E-state index contributed by atoms with van der Waals surface area (Å²) >= 11 is 6.65. The molecule has 1 N–H and O–H groups in total. The van der Waals surface area contributed by atoms with Crippen LogP contribution in [0.2, 0.25) is 5.02 Å². The molecule has 30 heavy (non-hydrogen) atoms. The van der Waals surface area contributed by atoms with Crippen LogP contribution in [0.15, 0.2) is 42.5 Å². The van der Waals surface area contributed by atoms with Crippen LogP contribution >= 0.6 is 11.6 Å². The molecule has 0 bridgehead atoms. The molecule has 0 unspecified atom stereocenters. The molecule has 0 aliphatic carbocycles. The summed E-state index contributed by atoms with van der Waals surface area (Å²) in [5.74, 6) is 0.883. The first-order valence-electron chi connectivity index (χ1n) is 10.6. The van der Waals surface area contributed by atoms with Gasteiger partial charge in [-0.15, -0.1) is 5.10 Å². The molecule has 1 fully saturated rings. The number of tetrazole rings is 1. The summed E-state index contributed by atoms with van der Waals surface area (Å²) in [4.78, 5) is 3.95. The number of anilines is 1. The maximum absolute atomic E-state index is 6.65. The van der Waals surface area contributed by atoms with Gasteiger partial charge < -0.3 is 9.80 Å². The maximum atomic E-state index is 6.65. The molecule has 0 radical (unpaired) electrons. The SMILES string of the molecule is Cc1cccc(N2CC[NH+]([C@H](c3ccccc3Cl)c3nnnn3C(C)C)CC2)c1C. The van der Waals surface area contributed by atoms with E-state index in [9.17, 15) is 0 Å². The van der Waals surface area contributed by atoms with Gasteiger partial charge in [0.05, 0.1) is 37.2 Å². The molecule has 2 aromatic carbocycles. The van der Waals surface area contributed by atoms with Crippen molar-refractivity contribution >= 4 is 17.3 Å². The highest BCUT2D eigenvalue weighted by Crippen LogP contribution is 2.27. The predicted molar refractivity (Wildman–Crippen MR) is 120 cm³/mol. The average Bonchev–Trinajstić information content (AvgIpc) is 3.22. The van der Waals surface area contributed by atoms with Crippen molar-refractivity contribution in [3.05, 3.63) is 70.0 Å². The van der Waals surface area contributed by atoms with Gasteiger partial charge in [0.15, 0.2) is 6.04 Å². The molecule has 4 rings (SSSR count). The standard InChI is InChI=1S/C23H29ClN6/c1-16(2)30-23(25-26-27-30)22(19-9-5-6-10-20(19)24)29-14-12-28(13-15-29)21-11-7-8-17(3)18(21)4/h5-11,16,22H,12-15H2,1-4H3/p+1/t22-/m1/s1. The molecule has 0 saturated carbocycles. The van der Waals surface area contributed by atoms with Gasteiger partial charge in [-0.3, -0.25) is 0 Å². The molecule has 1 aliphatic rings.